The van der Waals surface area contributed by atoms with Gasteiger partial charge in [-0.05, 0) is 24.5 Å². The van der Waals surface area contributed by atoms with E-state index in [-0.39, 0.29) is 17.8 Å². The zero-order chi connectivity index (χ0) is 11.7. The second-order valence-electron chi connectivity index (χ2n) is 4.21. The quantitative estimate of drug-likeness (QED) is 0.458. The van der Waals surface area contributed by atoms with E-state index in [9.17, 15) is 9.59 Å². The van der Waals surface area contributed by atoms with Gasteiger partial charge < -0.3 is 9.84 Å². The first-order valence-electron chi connectivity index (χ1n) is 5.22. The summed E-state index contributed by atoms with van der Waals surface area (Å²) in [6.45, 7) is 0. The summed E-state index contributed by atoms with van der Waals surface area (Å²) in [7, 11) is 0. The van der Waals surface area contributed by atoms with Crippen LogP contribution < -0.4 is 0 Å². The van der Waals surface area contributed by atoms with Crippen LogP contribution in [0, 0.1) is 23.7 Å². The number of allylic oxidation sites excluding steroid dienone is 2. The normalized spacial score (nSPS) is 35.3. The first-order valence-corrected chi connectivity index (χ1v) is 6.61. The fourth-order valence-corrected chi connectivity index (χ4v) is 2.93. The number of fused-ring (bicyclic) bond motifs is 2. The molecule has 0 aromatic heterocycles. The van der Waals surface area contributed by atoms with Gasteiger partial charge >= 0.3 is 11.9 Å². The molecule has 1 saturated carbocycles. The van der Waals surface area contributed by atoms with Crippen LogP contribution in [0.25, 0.3) is 0 Å². The van der Waals surface area contributed by atoms with Gasteiger partial charge in [-0.15, -0.1) is 11.8 Å². The van der Waals surface area contributed by atoms with Gasteiger partial charge in [0.1, 0.15) is 5.94 Å². The van der Waals surface area contributed by atoms with E-state index in [2.05, 4.69) is 0 Å². The SMILES string of the molecule is CSCOC(=O)[C@@H]1[C@@H](C(=O)O)[C@H]2C=C[C@@H]1C2. The molecule has 0 aliphatic heterocycles. The summed E-state index contributed by atoms with van der Waals surface area (Å²) in [6, 6.07) is 0. The van der Waals surface area contributed by atoms with Crippen molar-refractivity contribution in [2.75, 3.05) is 12.2 Å². The molecule has 16 heavy (non-hydrogen) atoms. The third kappa shape index (κ3) is 1.84. The summed E-state index contributed by atoms with van der Waals surface area (Å²) in [5.41, 5.74) is 0. The Labute approximate surface area is 98.0 Å². The van der Waals surface area contributed by atoms with Crippen molar-refractivity contribution < 1.29 is 19.4 Å². The van der Waals surface area contributed by atoms with Crippen LogP contribution >= 0.6 is 11.8 Å². The number of carboxylic acid groups (broad SMARTS) is 1. The van der Waals surface area contributed by atoms with Gasteiger partial charge in [0.25, 0.3) is 0 Å². The maximum Gasteiger partial charge on any atom is 0.311 e. The monoisotopic (exact) mass is 242 g/mol. The van der Waals surface area contributed by atoms with E-state index in [1.165, 1.54) is 11.8 Å². The molecule has 2 aliphatic rings. The van der Waals surface area contributed by atoms with Crippen LogP contribution in [-0.2, 0) is 14.3 Å². The molecule has 5 heteroatoms. The minimum atomic E-state index is -0.886. The standard InChI is InChI=1S/C11H14O4S/c1-16-5-15-11(14)9-7-3-2-6(4-7)8(9)10(12)13/h2-3,6-9H,4-5H2,1H3,(H,12,13)/t6-,7+,8-,9-/m0/s1. The van der Waals surface area contributed by atoms with E-state index >= 15 is 0 Å². The molecule has 2 rings (SSSR count). The predicted molar refractivity (Wildman–Crippen MR) is 59.8 cm³/mol. The van der Waals surface area contributed by atoms with Gasteiger partial charge in [-0.3, -0.25) is 9.59 Å². The molecule has 0 unspecified atom stereocenters. The average Bonchev–Trinajstić information content (AvgIpc) is 2.84. The van der Waals surface area contributed by atoms with Gasteiger partial charge in [-0.25, -0.2) is 0 Å². The van der Waals surface area contributed by atoms with Gasteiger partial charge in [0.15, 0.2) is 0 Å². The minimum Gasteiger partial charge on any atom is -0.481 e. The minimum absolute atomic E-state index is 0.00864. The Balaban J connectivity index is 2.10. The maximum atomic E-state index is 11.8. The van der Waals surface area contributed by atoms with Crippen LogP contribution in [0.5, 0.6) is 0 Å². The highest BCUT2D eigenvalue weighted by atomic mass is 32.2. The van der Waals surface area contributed by atoms with Crippen LogP contribution in [0.3, 0.4) is 0 Å². The van der Waals surface area contributed by atoms with Gasteiger partial charge in [-0.2, -0.15) is 0 Å². The van der Waals surface area contributed by atoms with Crippen molar-refractivity contribution in [3.8, 4) is 0 Å². The number of carboxylic acids is 1. The highest BCUT2D eigenvalue weighted by Crippen LogP contribution is 2.48. The largest absolute Gasteiger partial charge is 0.481 e. The van der Waals surface area contributed by atoms with E-state index in [0.717, 1.165) is 6.42 Å². The Hall–Kier alpha value is -0.970. The molecule has 2 bridgehead atoms. The zero-order valence-electron chi connectivity index (χ0n) is 8.96. The Morgan fingerprint density at radius 1 is 1.38 bits per heavy atom. The number of carbonyl (C=O) groups is 2. The van der Waals surface area contributed by atoms with Crippen LogP contribution in [0.2, 0.25) is 0 Å². The lowest BCUT2D eigenvalue weighted by atomic mass is 9.83. The van der Waals surface area contributed by atoms with Crippen molar-refractivity contribution >= 4 is 23.7 Å². The number of ether oxygens (including phenoxy) is 1. The first-order chi connectivity index (χ1) is 7.65. The lowest BCUT2D eigenvalue weighted by Crippen LogP contribution is -2.34. The molecule has 1 N–H and O–H groups in total. The van der Waals surface area contributed by atoms with Crippen LogP contribution in [0.1, 0.15) is 6.42 Å². The number of thioether (sulfide) groups is 1. The summed E-state index contributed by atoms with van der Waals surface area (Å²) in [5, 5.41) is 9.13. The van der Waals surface area contributed by atoms with E-state index in [4.69, 9.17) is 9.84 Å². The highest BCUT2D eigenvalue weighted by molar-refractivity contribution is 7.98. The molecular weight excluding hydrogens is 228 g/mol. The molecule has 0 amide bonds. The van der Waals surface area contributed by atoms with E-state index in [0.29, 0.717) is 5.94 Å². The molecule has 88 valence electrons. The number of hydrogen-bond acceptors (Lipinski definition) is 4. The number of carbonyl (C=O) groups excluding carboxylic acids is 1. The molecule has 0 radical (unpaired) electrons. The lowest BCUT2D eigenvalue weighted by Gasteiger charge is -2.22. The second kappa shape index (κ2) is 4.49. The third-order valence-electron chi connectivity index (χ3n) is 3.34. The lowest BCUT2D eigenvalue weighted by molar-refractivity contribution is -0.156. The Morgan fingerprint density at radius 2 is 2.00 bits per heavy atom. The van der Waals surface area contributed by atoms with Gasteiger partial charge in [0, 0.05) is 0 Å². The molecule has 0 heterocycles. The number of esters is 1. The number of rotatable bonds is 4. The second-order valence-corrected chi connectivity index (χ2v) is 5.02. The molecule has 4 atom stereocenters. The summed E-state index contributed by atoms with van der Waals surface area (Å²) in [4.78, 5) is 22.9. The van der Waals surface area contributed by atoms with Crippen molar-refractivity contribution in [1.82, 2.24) is 0 Å². The molecule has 0 spiro atoms. The molecule has 4 nitrogen and oxygen atoms in total. The fraction of sp³-hybridized carbons (Fsp3) is 0.636. The van der Waals surface area contributed by atoms with Gasteiger partial charge in [0.05, 0.1) is 11.8 Å². The van der Waals surface area contributed by atoms with Crippen LogP contribution in [0.15, 0.2) is 12.2 Å². The Morgan fingerprint density at radius 3 is 2.56 bits per heavy atom. The summed E-state index contributed by atoms with van der Waals surface area (Å²) in [6.07, 6.45) is 6.48. The molecule has 2 aliphatic carbocycles. The smallest absolute Gasteiger partial charge is 0.311 e. The first kappa shape index (κ1) is 11.5. The summed E-state index contributed by atoms with van der Waals surface area (Å²) < 4.78 is 5.03. The Bertz CT molecular complexity index is 339. The number of hydrogen-bond donors (Lipinski definition) is 1. The number of aliphatic carboxylic acids is 1. The van der Waals surface area contributed by atoms with Crippen molar-refractivity contribution in [3.05, 3.63) is 12.2 Å². The fourth-order valence-electron chi connectivity index (χ4n) is 2.69. The van der Waals surface area contributed by atoms with Gasteiger partial charge in [0.2, 0.25) is 0 Å². The molecule has 0 aromatic rings. The Kier molecular flexibility index (Phi) is 3.23. The zero-order valence-corrected chi connectivity index (χ0v) is 9.78. The maximum absolute atomic E-state index is 11.8. The summed E-state index contributed by atoms with van der Waals surface area (Å²) >= 11 is 1.41. The van der Waals surface area contributed by atoms with Crippen LogP contribution in [-0.4, -0.2) is 29.2 Å². The van der Waals surface area contributed by atoms with Gasteiger partial charge in [-0.1, -0.05) is 12.2 Å². The van der Waals surface area contributed by atoms with Crippen LogP contribution in [0.4, 0.5) is 0 Å². The van der Waals surface area contributed by atoms with E-state index in [1.807, 2.05) is 18.4 Å². The third-order valence-corrected chi connectivity index (χ3v) is 3.69. The highest BCUT2D eigenvalue weighted by Gasteiger charge is 2.52. The van der Waals surface area contributed by atoms with Crippen molar-refractivity contribution in [3.63, 3.8) is 0 Å². The van der Waals surface area contributed by atoms with Crippen molar-refractivity contribution in [2.45, 2.75) is 6.42 Å². The average molecular weight is 242 g/mol. The van der Waals surface area contributed by atoms with Crippen molar-refractivity contribution in [1.29, 1.82) is 0 Å². The van der Waals surface area contributed by atoms with Crippen molar-refractivity contribution in [2.24, 2.45) is 23.7 Å². The topological polar surface area (TPSA) is 63.6 Å². The van der Waals surface area contributed by atoms with E-state index in [1.54, 1.807) is 0 Å². The molecule has 0 saturated heterocycles. The molecule has 0 aromatic carbocycles. The summed E-state index contributed by atoms with van der Waals surface area (Å²) in [5.74, 6) is -1.97. The van der Waals surface area contributed by atoms with E-state index < -0.39 is 17.8 Å². The molecular formula is C11H14O4S. The predicted octanol–water partition coefficient (Wildman–Crippen LogP) is 1.37. The molecule has 1 fully saturated rings.